The number of carboxylic acids is 1. The number of rotatable bonds is 8. The maximum Gasteiger partial charge on any atom is 0.407 e. The Hall–Kier alpha value is -2.87. The van der Waals surface area contributed by atoms with Crippen LogP contribution in [0.25, 0.3) is 11.1 Å². The molecule has 8 heteroatoms. The molecule has 2 aromatic rings. The topological polar surface area (TPSA) is 110 Å². The van der Waals surface area contributed by atoms with Gasteiger partial charge >= 0.3 is 12.1 Å². The smallest absolute Gasteiger partial charge is 0.407 e. The van der Waals surface area contributed by atoms with Crippen molar-refractivity contribution >= 4 is 21.9 Å². The van der Waals surface area contributed by atoms with Crippen LogP contribution in [-0.2, 0) is 19.4 Å². The maximum absolute atomic E-state index is 12.3. The van der Waals surface area contributed by atoms with Gasteiger partial charge in [0.2, 0.25) is 0 Å². The minimum absolute atomic E-state index is 0.00925. The van der Waals surface area contributed by atoms with Gasteiger partial charge in [-0.05, 0) is 28.7 Å². The molecule has 0 aliphatic heterocycles. The van der Waals surface area contributed by atoms with E-state index in [9.17, 15) is 18.0 Å². The number of alkyl carbamates (subject to hydrolysis) is 1. The van der Waals surface area contributed by atoms with Crippen molar-refractivity contribution in [2.24, 2.45) is 0 Å². The van der Waals surface area contributed by atoms with Crippen molar-refractivity contribution < 1.29 is 27.9 Å². The van der Waals surface area contributed by atoms with Crippen LogP contribution in [-0.4, -0.2) is 50.2 Å². The van der Waals surface area contributed by atoms with E-state index in [-0.39, 0.29) is 31.1 Å². The normalized spacial score (nSPS) is 14.0. The van der Waals surface area contributed by atoms with Crippen LogP contribution in [0.1, 0.15) is 29.9 Å². The summed E-state index contributed by atoms with van der Waals surface area (Å²) in [6.07, 6.45) is -0.0562. The average molecular weight is 417 g/mol. The summed E-state index contributed by atoms with van der Waals surface area (Å²) in [5.74, 6) is -1.45. The third-order valence-electron chi connectivity index (χ3n) is 4.92. The molecule has 0 aromatic heterocycles. The Bertz CT molecular complexity index is 972. The lowest BCUT2D eigenvalue weighted by Gasteiger charge is -2.18. The van der Waals surface area contributed by atoms with Crippen molar-refractivity contribution in [3.8, 4) is 11.1 Å². The van der Waals surface area contributed by atoms with E-state index in [1.54, 1.807) is 0 Å². The SMILES string of the molecule is CS(=O)(=O)CC[C@@H](CC(=O)O)NC(=O)OCC1c2ccccc2-c2ccccc21. The van der Waals surface area contributed by atoms with Crippen molar-refractivity contribution in [2.75, 3.05) is 18.6 Å². The van der Waals surface area contributed by atoms with Gasteiger partial charge in [-0.3, -0.25) is 4.79 Å². The molecule has 1 amide bonds. The van der Waals surface area contributed by atoms with E-state index in [0.717, 1.165) is 28.5 Å². The third-order valence-corrected chi connectivity index (χ3v) is 5.90. The number of nitrogens with one attached hydrogen (secondary N) is 1. The summed E-state index contributed by atoms with van der Waals surface area (Å²) in [6.45, 7) is 0.103. The number of carbonyl (C=O) groups is 2. The van der Waals surface area contributed by atoms with Gasteiger partial charge < -0.3 is 15.2 Å². The van der Waals surface area contributed by atoms with Crippen LogP contribution in [0.15, 0.2) is 48.5 Å². The number of amides is 1. The number of benzene rings is 2. The van der Waals surface area contributed by atoms with Gasteiger partial charge in [-0.2, -0.15) is 0 Å². The maximum atomic E-state index is 12.3. The summed E-state index contributed by atoms with van der Waals surface area (Å²) in [7, 11) is -3.27. The second-order valence-electron chi connectivity index (χ2n) is 7.18. The Kier molecular flexibility index (Phi) is 6.22. The first kappa shape index (κ1) is 20.9. The monoisotopic (exact) mass is 417 g/mol. The summed E-state index contributed by atoms with van der Waals surface area (Å²) in [6, 6.07) is 15.0. The molecule has 1 atom stereocenters. The summed E-state index contributed by atoms with van der Waals surface area (Å²) in [5.41, 5.74) is 4.35. The van der Waals surface area contributed by atoms with Crippen molar-refractivity contribution in [3.63, 3.8) is 0 Å². The predicted molar refractivity (Wildman–Crippen MR) is 109 cm³/mol. The van der Waals surface area contributed by atoms with E-state index in [1.165, 1.54) is 0 Å². The quantitative estimate of drug-likeness (QED) is 0.683. The lowest BCUT2D eigenvalue weighted by molar-refractivity contribution is -0.137. The summed E-state index contributed by atoms with van der Waals surface area (Å²) >= 11 is 0. The first-order chi connectivity index (χ1) is 13.7. The Morgan fingerprint density at radius 3 is 2.14 bits per heavy atom. The Balaban J connectivity index is 1.66. The second-order valence-corrected chi connectivity index (χ2v) is 9.44. The molecule has 7 nitrogen and oxygen atoms in total. The highest BCUT2D eigenvalue weighted by Crippen LogP contribution is 2.44. The number of hydrogen-bond donors (Lipinski definition) is 2. The lowest BCUT2D eigenvalue weighted by Crippen LogP contribution is -2.38. The number of sulfone groups is 1. The number of carbonyl (C=O) groups excluding carboxylic acids is 1. The fraction of sp³-hybridized carbons (Fsp3) is 0.333. The molecule has 1 aliphatic rings. The summed E-state index contributed by atoms with van der Waals surface area (Å²) in [4.78, 5) is 23.3. The van der Waals surface area contributed by atoms with E-state index >= 15 is 0 Å². The van der Waals surface area contributed by atoms with Gasteiger partial charge in [0.05, 0.1) is 12.2 Å². The van der Waals surface area contributed by atoms with E-state index in [2.05, 4.69) is 5.32 Å². The van der Waals surface area contributed by atoms with Crippen molar-refractivity contribution in [1.82, 2.24) is 5.32 Å². The molecule has 0 bridgehead atoms. The molecule has 0 radical (unpaired) electrons. The van der Waals surface area contributed by atoms with E-state index in [1.807, 2.05) is 48.5 Å². The van der Waals surface area contributed by atoms with Crippen molar-refractivity contribution in [2.45, 2.75) is 24.8 Å². The standard InChI is InChI=1S/C21H23NO6S/c1-29(26,27)11-10-14(12-20(23)24)22-21(25)28-13-19-17-8-4-2-6-15(17)16-7-3-5-9-18(16)19/h2-9,14,19H,10-13H2,1H3,(H,22,25)(H,23,24)/t14-/m0/s1. The number of fused-ring (bicyclic) bond motifs is 3. The highest BCUT2D eigenvalue weighted by atomic mass is 32.2. The van der Waals surface area contributed by atoms with Crippen LogP contribution in [0.2, 0.25) is 0 Å². The molecule has 0 fully saturated rings. The van der Waals surface area contributed by atoms with Gasteiger partial charge in [0.1, 0.15) is 16.4 Å². The molecule has 2 aromatic carbocycles. The molecular weight excluding hydrogens is 394 g/mol. The van der Waals surface area contributed by atoms with Crippen molar-refractivity contribution in [1.29, 1.82) is 0 Å². The molecule has 0 heterocycles. The van der Waals surface area contributed by atoms with Crippen LogP contribution in [0, 0.1) is 0 Å². The highest BCUT2D eigenvalue weighted by molar-refractivity contribution is 7.90. The van der Waals surface area contributed by atoms with E-state index in [0.29, 0.717) is 0 Å². The second kappa shape index (κ2) is 8.65. The van der Waals surface area contributed by atoms with Gasteiger partial charge in [0.15, 0.2) is 0 Å². The van der Waals surface area contributed by atoms with Gasteiger partial charge in [-0.1, -0.05) is 48.5 Å². The number of hydrogen-bond acceptors (Lipinski definition) is 5. The Morgan fingerprint density at radius 2 is 1.62 bits per heavy atom. The van der Waals surface area contributed by atoms with Gasteiger partial charge in [-0.25, -0.2) is 13.2 Å². The molecule has 1 aliphatic carbocycles. The number of aliphatic carboxylic acids is 1. The fourth-order valence-corrected chi connectivity index (χ4v) is 4.31. The Morgan fingerprint density at radius 1 is 1.07 bits per heavy atom. The third kappa shape index (κ3) is 5.35. The fourth-order valence-electron chi connectivity index (χ4n) is 3.60. The van der Waals surface area contributed by atoms with E-state index in [4.69, 9.17) is 9.84 Å². The minimum atomic E-state index is -3.27. The first-order valence-electron chi connectivity index (χ1n) is 9.25. The number of ether oxygens (including phenoxy) is 1. The van der Waals surface area contributed by atoms with Gasteiger partial charge in [0, 0.05) is 18.2 Å². The van der Waals surface area contributed by atoms with Gasteiger partial charge in [0.25, 0.3) is 0 Å². The van der Waals surface area contributed by atoms with Crippen LogP contribution in [0.5, 0.6) is 0 Å². The van der Waals surface area contributed by atoms with Crippen LogP contribution < -0.4 is 5.32 Å². The number of carboxylic acid groups (broad SMARTS) is 1. The summed E-state index contributed by atoms with van der Waals surface area (Å²) < 4.78 is 28.1. The molecule has 154 valence electrons. The van der Waals surface area contributed by atoms with Crippen LogP contribution in [0.4, 0.5) is 4.79 Å². The minimum Gasteiger partial charge on any atom is -0.481 e. The molecule has 0 unspecified atom stereocenters. The average Bonchev–Trinajstić information content (AvgIpc) is 2.97. The van der Waals surface area contributed by atoms with E-state index < -0.39 is 27.9 Å². The summed E-state index contributed by atoms with van der Waals surface area (Å²) in [5, 5.41) is 11.5. The zero-order valence-corrected chi connectivity index (χ0v) is 16.8. The largest absolute Gasteiger partial charge is 0.481 e. The molecule has 2 N–H and O–H groups in total. The zero-order valence-electron chi connectivity index (χ0n) is 16.0. The van der Waals surface area contributed by atoms with Crippen LogP contribution >= 0.6 is 0 Å². The molecule has 0 saturated heterocycles. The molecule has 0 spiro atoms. The molecular formula is C21H23NO6S. The Labute approximate surface area is 169 Å². The van der Waals surface area contributed by atoms with Crippen molar-refractivity contribution in [3.05, 3.63) is 59.7 Å². The zero-order chi connectivity index (χ0) is 21.0. The predicted octanol–water partition coefficient (Wildman–Crippen LogP) is 2.80. The highest BCUT2D eigenvalue weighted by Gasteiger charge is 2.29. The first-order valence-corrected chi connectivity index (χ1v) is 11.3. The lowest BCUT2D eigenvalue weighted by atomic mass is 9.98. The molecule has 0 saturated carbocycles. The molecule has 3 rings (SSSR count). The van der Waals surface area contributed by atoms with Crippen LogP contribution in [0.3, 0.4) is 0 Å². The molecule has 29 heavy (non-hydrogen) atoms. The van der Waals surface area contributed by atoms with Gasteiger partial charge in [-0.15, -0.1) is 0 Å².